The monoisotopic (exact) mass is 606 g/mol. The average molecular weight is 608 g/mol. The van der Waals surface area contributed by atoms with E-state index in [1.807, 2.05) is 18.2 Å². The van der Waals surface area contributed by atoms with E-state index in [4.69, 9.17) is 11.5 Å². The summed E-state index contributed by atoms with van der Waals surface area (Å²) in [4.78, 5) is 0. The Morgan fingerprint density at radius 3 is 1.11 bits per heavy atom. The van der Waals surface area contributed by atoms with Gasteiger partial charge in [-0.25, -0.2) is 0 Å². The van der Waals surface area contributed by atoms with Gasteiger partial charge in [0.05, 0.1) is 5.69 Å². The molecule has 4 N–H and O–H groups in total. The maximum atomic E-state index is 6.60. The van der Waals surface area contributed by atoms with Gasteiger partial charge in [-0.15, -0.1) is 0 Å². The van der Waals surface area contributed by atoms with E-state index in [-0.39, 0.29) is 10.8 Å². The van der Waals surface area contributed by atoms with Gasteiger partial charge in [-0.05, 0) is 77.1 Å². The quantitative estimate of drug-likeness (QED) is 0.223. The molecular weight excluding hydrogens is 572 g/mol. The molecule has 4 heteroatoms. The summed E-state index contributed by atoms with van der Waals surface area (Å²) in [5.74, 6) is 0. The van der Waals surface area contributed by atoms with Crippen molar-refractivity contribution in [3.8, 4) is 22.3 Å². The first-order valence-electron chi connectivity index (χ1n) is 12.1. The van der Waals surface area contributed by atoms with Gasteiger partial charge in [0.1, 0.15) is 0 Å². The topological polar surface area (TPSA) is 52.0 Å². The molecular formula is C32H36Br2N2. The van der Waals surface area contributed by atoms with Crippen LogP contribution < -0.4 is 11.5 Å². The van der Waals surface area contributed by atoms with E-state index in [1.54, 1.807) is 0 Å². The third-order valence-electron chi connectivity index (χ3n) is 6.23. The minimum absolute atomic E-state index is 0.153. The van der Waals surface area contributed by atoms with Crippen LogP contribution in [0.1, 0.15) is 52.7 Å². The lowest BCUT2D eigenvalue weighted by Gasteiger charge is -2.20. The molecule has 0 spiro atoms. The van der Waals surface area contributed by atoms with Crippen LogP contribution in [0.15, 0.2) is 93.9 Å². The van der Waals surface area contributed by atoms with E-state index in [1.165, 1.54) is 11.1 Å². The molecule has 0 amide bonds. The van der Waals surface area contributed by atoms with E-state index < -0.39 is 0 Å². The number of nitrogens with two attached hydrogens (primary N) is 2. The highest BCUT2D eigenvalue weighted by molar-refractivity contribution is 9.11. The van der Waals surface area contributed by atoms with Crippen molar-refractivity contribution in [3.63, 3.8) is 0 Å². The van der Waals surface area contributed by atoms with Gasteiger partial charge < -0.3 is 11.5 Å². The molecule has 0 fully saturated rings. The zero-order chi connectivity index (χ0) is 26.7. The molecule has 0 atom stereocenters. The molecule has 0 heterocycles. The van der Waals surface area contributed by atoms with E-state index in [2.05, 4.69) is 140 Å². The number of nitrogen functional groups attached to an aromatic ring is 2. The second kappa shape index (κ2) is 11.2. The van der Waals surface area contributed by atoms with Gasteiger partial charge in [0.25, 0.3) is 0 Å². The first-order valence-corrected chi connectivity index (χ1v) is 13.7. The lowest BCUT2D eigenvalue weighted by atomic mass is 9.85. The van der Waals surface area contributed by atoms with Crippen LogP contribution in [0.3, 0.4) is 0 Å². The standard InChI is InChI=1S/C26H31N.C6H5Br2N/c1-25(2,3)20-14-10-18(11-15-20)22-8-7-9-23(24(22)27)19-12-16-21(17-13-19)26(4,5)6;7-4-2-1-3-5(8)6(4)9/h7-17H,27H2,1-6H3;1-3H,9H2. The summed E-state index contributed by atoms with van der Waals surface area (Å²) in [5.41, 5.74) is 21.2. The number of halogens is 2. The predicted molar refractivity (Wildman–Crippen MR) is 165 cm³/mol. The molecule has 0 aliphatic carbocycles. The minimum atomic E-state index is 0.153. The van der Waals surface area contributed by atoms with Gasteiger partial charge >= 0.3 is 0 Å². The fourth-order valence-electron chi connectivity index (χ4n) is 3.88. The predicted octanol–water partition coefficient (Wildman–Crippen LogP) is 9.99. The molecule has 0 saturated carbocycles. The fourth-order valence-corrected chi connectivity index (χ4v) is 4.88. The summed E-state index contributed by atoms with van der Waals surface area (Å²) < 4.78 is 1.86. The van der Waals surface area contributed by atoms with E-state index >= 15 is 0 Å². The highest BCUT2D eigenvalue weighted by atomic mass is 79.9. The van der Waals surface area contributed by atoms with Crippen LogP contribution in [0.25, 0.3) is 22.3 Å². The van der Waals surface area contributed by atoms with Crippen LogP contribution in [0, 0.1) is 0 Å². The minimum Gasteiger partial charge on any atom is -0.398 e. The number of para-hydroxylation sites is 2. The highest BCUT2D eigenvalue weighted by Gasteiger charge is 2.16. The molecule has 4 aromatic rings. The lowest BCUT2D eigenvalue weighted by molar-refractivity contribution is 0.590. The second-order valence-corrected chi connectivity index (χ2v) is 12.8. The molecule has 0 saturated heterocycles. The maximum Gasteiger partial charge on any atom is 0.0602 e. The Bertz CT molecular complexity index is 1210. The van der Waals surface area contributed by atoms with Gasteiger partial charge in [-0.3, -0.25) is 0 Å². The Morgan fingerprint density at radius 1 is 0.472 bits per heavy atom. The van der Waals surface area contributed by atoms with Crippen molar-refractivity contribution in [1.29, 1.82) is 0 Å². The lowest BCUT2D eigenvalue weighted by Crippen LogP contribution is -2.10. The SMILES string of the molecule is CC(C)(C)c1ccc(-c2cccc(-c3ccc(C(C)(C)C)cc3)c2N)cc1.Nc1c(Br)cccc1Br. The molecule has 0 aliphatic heterocycles. The summed E-state index contributed by atoms with van der Waals surface area (Å²) in [6.07, 6.45) is 0. The first-order chi connectivity index (χ1) is 16.8. The van der Waals surface area contributed by atoms with Crippen molar-refractivity contribution in [2.45, 2.75) is 52.4 Å². The number of hydrogen-bond acceptors (Lipinski definition) is 2. The molecule has 0 aliphatic rings. The molecule has 188 valence electrons. The highest BCUT2D eigenvalue weighted by Crippen LogP contribution is 2.36. The summed E-state index contributed by atoms with van der Waals surface area (Å²) in [5, 5.41) is 0. The molecule has 0 unspecified atom stereocenters. The number of benzene rings is 4. The third kappa shape index (κ3) is 6.80. The van der Waals surface area contributed by atoms with Crippen LogP contribution in [0.4, 0.5) is 11.4 Å². The molecule has 36 heavy (non-hydrogen) atoms. The Morgan fingerprint density at radius 2 is 0.806 bits per heavy atom. The van der Waals surface area contributed by atoms with E-state index in [0.29, 0.717) is 0 Å². The van der Waals surface area contributed by atoms with Crippen LogP contribution in [0.5, 0.6) is 0 Å². The van der Waals surface area contributed by atoms with Crippen LogP contribution in [-0.4, -0.2) is 0 Å². The Hall–Kier alpha value is -2.56. The third-order valence-corrected chi connectivity index (χ3v) is 7.61. The van der Waals surface area contributed by atoms with Crippen molar-refractivity contribution in [3.05, 3.63) is 105 Å². The molecule has 2 nitrogen and oxygen atoms in total. The normalized spacial score (nSPS) is 11.6. The molecule has 4 rings (SSSR count). The summed E-state index contributed by atoms with van der Waals surface area (Å²) >= 11 is 6.58. The summed E-state index contributed by atoms with van der Waals surface area (Å²) in [7, 11) is 0. The van der Waals surface area contributed by atoms with E-state index in [9.17, 15) is 0 Å². The van der Waals surface area contributed by atoms with Crippen LogP contribution in [-0.2, 0) is 10.8 Å². The largest absolute Gasteiger partial charge is 0.398 e. The van der Waals surface area contributed by atoms with Gasteiger partial charge in [0.15, 0.2) is 0 Å². The van der Waals surface area contributed by atoms with Crippen LogP contribution in [0.2, 0.25) is 0 Å². The van der Waals surface area contributed by atoms with Crippen molar-refractivity contribution in [1.82, 2.24) is 0 Å². The summed E-state index contributed by atoms with van der Waals surface area (Å²) in [6.45, 7) is 13.4. The van der Waals surface area contributed by atoms with Crippen molar-refractivity contribution in [2.24, 2.45) is 0 Å². The Labute approximate surface area is 233 Å². The smallest absolute Gasteiger partial charge is 0.0602 e. The first kappa shape index (κ1) is 28.0. The van der Waals surface area contributed by atoms with Gasteiger partial charge in [-0.2, -0.15) is 0 Å². The zero-order valence-electron chi connectivity index (χ0n) is 22.0. The number of rotatable bonds is 2. The molecule has 4 aromatic carbocycles. The second-order valence-electron chi connectivity index (χ2n) is 11.1. The van der Waals surface area contributed by atoms with Crippen LogP contribution >= 0.6 is 31.9 Å². The van der Waals surface area contributed by atoms with E-state index in [0.717, 1.165) is 42.6 Å². The van der Waals surface area contributed by atoms with Gasteiger partial charge in [-0.1, -0.05) is 114 Å². The summed E-state index contributed by atoms with van der Waals surface area (Å²) in [6, 6.07) is 29.6. The molecule has 0 radical (unpaired) electrons. The Kier molecular flexibility index (Phi) is 8.74. The van der Waals surface area contributed by atoms with Crippen molar-refractivity contribution < 1.29 is 0 Å². The average Bonchev–Trinajstić information content (AvgIpc) is 2.82. The van der Waals surface area contributed by atoms with Crippen molar-refractivity contribution in [2.75, 3.05) is 11.5 Å². The number of hydrogen-bond donors (Lipinski definition) is 2. The fraction of sp³-hybridized carbons (Fsp3) is 0.250. The molecule has 0 aromatic heterocycles. The number of anilines is 2. The van der Waals surface area contributed by atoms with Gasteiger partial charge in [0, 0.05) is 25.8 Å². The zero-order valence-corrected chi connectivity index (χ0v) is 25.2. The van der Waals surface area contributed by atoms with Crippen molar-refractivity contribution >= 4 is 43.2 Å². The van der Waals surface area contributed by atoms with Gasteiger partial charge in [0.2, 0.25) is 0 Å². The Balaban J connectivity index is 0.000000338. The maximum absolute atomic E-state index is 6.60. The molecule has 0 bridgehead atoms.